The molecule has 2 atom stereocenters. The van der Waals surface area contributed by atoms with E-state index in [1.165, 1.54) is 0 Å². The summed E-state index contributed by atoms with van der Waals surface area (Å²) in [5.41, 5.74) is 1.26. The normalized spacial score (nSPS) is 18.5. The molecule has 0 aromatic heterocycles. The molecule has 0 heterocycles. The highest BCUT2D eigenvalue weighted by Gasteiger charge is 2.36. The Morgan fingerprint density at radius 3 is 2.24 bits per heavy atom. The Balaban J connectivity index is 1.74. The first-order valence-electron chi connectivity index (χ1n) is 9.57. The molecule has 0 unspecified atom stereocenters. The summed E-state index contributed by atoms with van der Waals surface area (Å²) in [4.78, 5) is 37.0. The third-order valence-corrected chi connectivity index (χ3v) is 5.20. The number of anilines is 2. The van der Waals surface area contributed by atoms with Gasteiger partial charge in [0.15, 0.2) is 0 Å². The van der Waals surface area contributed by atoms with Gasteiger partial charge < -0.3 is 20.5 Å². The topological polar surface area (TPSA) is 105 Å². The van der Waals surface area contributed by atoms with Crippen LogP contribution in [0.1, 0.15) is 36.0 Å². The van der Waals surface area contributed by atoms with Gasteiger partial charge in [-0.2, -0.15) is 0 Å². The van der Waals surface area contributed by atoms with Crippen molar-refractivity contribution in [1.82, 2.24) is 0 Å². The molecule has 1 aliphatic rings. The third kappa shape index (κ3) is 4.93. The van der Waals surface area contributed by atoms with E-state index in [9.17, 15) is 19.5 Å². The second kappa shape index (κ2) is 9.23. The van der Waals surface area contributed by atoms with E-state index in [1.54, 1.807) is 55.6 Å². The Morgan fingerprint density at radius 1 is 0.931 bits per heavy atom. The third-order valence-electron chi connectivity index (χ3n) is 5.20. The predicted molar refractivity (Wildman–Crippen MR) is 109 cm³/mol. The maximum atomic E-state index is 12.8. The minimum Gasteiger partial charge on any atom is -0.497 e. The Bertz CT molecular complexity index is 894. The van der Waals surface area contributed by atoms with Crippen molar-refractivity contribution in [3.05, 3.63) is 54.1 Å². The minimum absolute atomic E-state index is 0.305. The molecule has 0 aliphatic heterocycles. The standard InChI is InChI=1S/C22H24N2O5/c1-29-15-12-10-14(11-13-15)23-21(26)18-8-4-5-9-19(18)24-20(25)16-6-2-3-7-17(16)22(27)28/h4-5,8-13,16-17H,2-3,6-7H2,1H3,(H,23,26)(H,24,25)(H,27,28)/t16-,17+/m0/s1. The molecule has 7 heteroatoms. The van der Waals surface area contributed by atoms with Crippen LogP contribution in [-0.4, -0.2) is 30.0 Å². The molecule has 0 spiro atoms. The second-order valence-electron chi connectivity index (χ2n) is 7.05. The van der Waals surface area contributed by atoms with Crippen molar-refractivity contribution in [3.8, 4) is 5.75 Å². The number of amides is 2. The van der Waals surface area contributed by atoms with E-state index < -0.39 is 17.8 Å². The van der Waals surface area contributed by atoms with E-state index in [4.69, 9.17) is 4.74 Å². The van der Waals surface area contributed by atoms with Crippen molar-refractivity contribution in [2.75, 3.05) is 17.7 Å². The first-order valence-corrected chi connectivity index (χ1v) is 9.57. The van der Waals surface area contributed by atoms with Gasteiger partial charge in [0.05, 0.1) is 30.2 Å². The molecule has 0 bridgehead atoms. The van der Waals surface area contributed by atoms with Crippen molar-refractivity contribution in [1.29, 1.82) is 0 Å². The lowest BCUT2D eigenvalue weighted by Gasteiger charge is -2.27. The van der Waals surface area contributed by atoms with E-state index in [-0.39, 0.29) is 11.8 Å². The van der Waals surface area contributed by atoms with Crippen LogP contribution in [0.3, 0.4) is 0 Å². The molecule has 2 aromatic rings. The first-order chi connectivity index (χ1) is 14.0. The number of methoxy groups -OCH3 is 1. The molecule has 7 nitrogen and oxygen atoms in total. The quantitative estimate of drug-likeness (QED) is 0.689. The monoisotopic (exact) mass is 396 g/mol. The summed E-state index contributed by atoms with van der Waals surface area (Å²) < 4.78 is 5.10. The molecule has 3 rings (SSSR count). The molecule has 2 amide bonds. The molecule has 1 fully saturated rings. The fraction of sp³-hybridized carbons (Fsp3) is 0.318. The molecule has 29 heavy (non-hydrogen) atoms. The summed E-state index contributed by atoms with van der Waals surface area (Å²) in [5, 5.41) is 15.0. The van der Waals surface area contributed by atoms with Gasteiger partial charge >= 0.3 is 5.97 Å². The van der Waals surface area contributed by atoms with Gasteiger partial charge in [-0.15, -0.1) is 0 Å². The van der Waals surface area contributed by atoms with Crippen molar-refractivity contribution < 1.29 is 24.2 Å². The number of benzene rings is 2. The minimum atomic E-state index is -0.949. The zero-order valence-corrected chi connectivity index (χ0v) is 16.2. The van der Waals surface area contributed by atoms with Gasteiger partial charge in [0, 0.05) is 5.69 Å². The van der Waals surface area contributed by atoms with E-state index in [0.29, 0.717) is 35.5 Å². The number of carboxylic acids is 1. The van der Waals surface area contributed by atoms with Crippen LogP contribution in [0, 0.1) is 11.8 Å². The van der Waals surface area contributed by atoms with Crippen LogP contribution < -0.4 is 15.4 Å². The molecule has 152 valence electrons. The smallest absolute Gasteiger partial charge is 0.307 e. The average Bonchev–Trinajstić information content (AvgIpc) is 2.74. The van der Waals surface area contributed by atoms with E-state index >= 15 is 0 Å². The van der Waals surface area contributed by atoms with Crippen molar-refractivity contribution >= 4 is 29.2 Å². The molecule has 3 N–H and O–H groups in total. The number of carbonyl (C=O) groups is 3. The van der Waals surface area contributed by atoms with Gasteiger partial charge in [0.1, 0.15) is 5.75 Å². The maximum Gasteiger partial charge on any atom is 0.307 e. The van der Waals surface area contributed by atoms with Crippen LogP contribution in [-0.2, 0) is 9.59 Å². The Morgan fingerprint density at radius 2 is 1.59 bits per heavy atom. The molecule has 0 saturated heterocycles. The number of hydrogen-bond donors (Lipinski definition) is 3. The summed E-state index contributed by atoms with van der Waals surface area (Å²) in [6, 6.07) is 13.6. The largest absolute Gasteiger partial charge is 0.497 e. The number of nitrogens with one attached hydrogen (secondary N) is 2. The van der Waals surface area contributed by atoms with Gasteiger partial charge in [-0.25, -0.2) is 0 Å². The Hall–Kier alpha value is -3.35. The lowest BCUT2D eigenvalue weighted by atomic mass is 9.78. The number of rotatable bonds is 6. The molecule has 1 saturated carbocycles. The van der Waals surface area contributed by atoms with Crippen molar-refractivity contribution in [2.24, 2.45) is 11.8 Å². The summed E-state index contributed by atoms with van der Waals surface area (Å²) in [6.07, 6.45) is 2.65. The van der Waals surface area contributed by atoms with Gasteiger partial charge in [0.2, 0.25) is 5.91 Å². The summed E-state index contributed by atoms with van der Waals surface area (Å²) >= 11 is 0. The molecule has 0 radical (unpaired) electrons. The van der Waals surface area contributed by atoms with Gasteiger partial charge in [-0.1, -0.05) is 25.0 Å². The Labute approximate surface area is 169 Å². The van der Waals surface area contributed by atoms with Crippen molar-refractivity contribution in [2.45, 2.75) is 25.7 Å². The number of para-hydroxylation sites is 1. The maximum absolute atomic E-state index is 12.8. The zero-order valence-electron chi connectivity index (χ0n) is 16.2. The van der Waals surface area contributed by atoms with Gasteiger partial charge in [0.25, 0.3) is 5.91 Å². The summed E-state index contributed by atoms with van der Waals surface area (Å²) in [6.45, 7) is 0. The number of hydrogen-bond acceptors (Lipinski definition) is 4. The number of carbonyl (C=O) groups excluding carboxylic acids is 2. The fourth-order valence-electron chi connectivity index (χ4n) is 3.63. The average molecular weight is 396 g/mol. The van der Waals surface area contributed by atoms with Crippen molar-refractivity contribution in [3.63, 3.8) is 0 Å². The lowest BCUT2D eigenvalue weighted by molar-refractivity contribution is -0.147. The van der Waals surface area contributed by atoms with Crippen LogP contribution in [0.4, 0.5) is 11.4 Å². The van der Waals surface area contributed by atoms with E-state index in [2.05, 4.69) is 10.6 Å². The second-order valence-corrected chi connectivity index (χ2v) is 7.05. The van der Waals surface area contributed by atoms with Crippen LogP contribution in [0.15, 0.2) is 48.5 Å². The highest BCUT2D eigenvalue weighted by Crippen LogP contribution is 2.31. The highest BCUT2D eigenvalue weighted by atomic mass is 16.5. The highest BCUT2D eigenvalue weighted by molar-refractivity contribution is 6.10. The first kappa shape index (κ1) is 20.4. The predicted octanol–water partition coefficient (Wildman–Crippen LogP) is 3.78. The van der Waals surface area contributed by atoms with E-state index in [0.717, 1.165) is 12.8 Å². The van der Waals surface area contributed by atoms with Gasteiger partial charge in [-0.3, -0.25) is 14.4 Å². The van der Waals surface area contributed by atoms with Crippen LogP contribution in [0.2, 0.25) is 0 Å². The lowest BCUT2D eigenvalue weighted by Crippen LogP contribution is -2.36. The van der Waals surface area contributed by atoms with Crippen LogP contribution >= 0.6 is 0 Å². The number of carboxylic acid groups (broad SMARTS) is 1. The molecule has 2 aromatic carbocycles. The molecular weight excluding hydrogens is 372 g/mol. The number of ether oxygens (including phenoxy) is 1. The SMILES string of the molecule is COc1ccc(NC(=O)c2ccccc2NC(=O)[C@H]2CCCC[C@H]2C(=O)O)cc1. The Kier molecular flexibility index (Phi) is 6.49. The van der Waals surface area contributed by atoms with Crippen LogP contribution in [0.5, 0.6) is 5.75 Å². The number of aliphatic carboxylic acids is 1. The zero-order chi connectivity index (χ0) is 20.8. The summed E-state index contributed by atoms with van der Waals surface area (Å²) in [7, 11) is 1.56. The molecule has 1 aliphatic carbocycles. The fourth-order valence-corrected chi connectivity index (χ4v) is 3.63. The van der Waals surface area contributed by atoms with E-state index in [1.807, 2.05) is 0 Å². The summed E-state index contributed by atoms with van der Waals surface area (Å²) in [5.74, 6) is -2.29. The van der Waals surface area contributed by atoms with Gasteiger partial charge in [-0.05, 0) is 49.2 Å². The molecular formula is C22H24N2O5. The van der Waals surface area contributed by atoms with Crippen LogP contribution in [0.25, 0.3) is 0 Å².